The number of carbonyl (C=O) groups excluding carboxylic acids is 1. The Morgan fingerprint density at radius 1 is 1.18 bits per heavy atom. The highest BCUT2D eigenvalue weighted by Crippen LogP contribution is 1.98. The van der Waals surface area contributed by atoms with E-state index in [2.05, 4.69) is 24.1 Å². The number of hydrogen-bond acceptors (Lipinski definition) is 3. The minimum absolute atomic E-state index is 0.176. The molecule has 0 aliphatic heterocycles. The maximum Gasteiger partial charge on any atom is 0.220 e. The van der Waals surface area contributed by atoms with E-state index in [1.807, 2.05) is 0 Å². The van der Waals surface area contributed by atoms with Crippen molar-refractivity contribution >= 4 is 5.91 Å². The molecule has 0 aliphatic carbocycles. The van der Waals surface area contributed by atoms with Crippen LogP contribution in [0, 0.1) is 0 Å². The van der Waals surface area contributed by atoms with Crippen molar-refractivity contribution in [3.05, 3.63) is 0 Å². The van der Waals surface area contributed by atoms with E-state index >= 15 is 0 Å². The van der Waals surface area contributed by atoms with E-state index < -0.39 is 0 Å². The molecule has 0 fully saturated rings. The fourth-order valence-electron chi connectivity index (χ4n) is 1.79. The highest BCUT2D eigenvalue weighted by Gasteiger charge is 2.03. The first-order chi connectivity index (χ1) is 8.24. The molecule has 4 nitrogen and oxygen atoms in total. The molecule has 0 saturated carbocycles. The Hall–Kier alpha value is -0.610. The molecule has 102 valence electrons. The van der Waals surface area contributed by atoms with Crippen molar-refractivity contribution in [2.75, 3.05) is 32.7 Å². The monoisotopic (exact) mass is 243 g/mol. The molecule has 0 aromatic rings. The standard InChI is InChI=1S/C13H29N3O/c1-3-11-16(4-2)12-10-15-13(17)8-6-5-7-9-14/h3-12,14H2,1-2H3,(H,15,17). The van der Waals surface area contributed by atoms with E-state index in [1.54, 1.807) is 0 Å². The predicted octanol–water partition coefficient (Wildman–Crippen LogP) is 1.35. The van der Waals surface area contributed by atoms with Crippen molar-refractivity contribution in [2.45, 2.75) is 46.0 Å². The van der Waals surface area contributed by atoms with Gasteiger partial charge in [-0.15, -0.1) is 0 Å². The highest BCUT2D eigenvalue weighted by atomic mass is 16.1. The lowest BCUT2D eigenvalue weighted by Gasteiger charge is -2.19. The summed E-state index contributed by atoms with van der Waals surface area (Å²) in [6.07, 6.45) is 4.84. The molecule has 0 rings (SSSR count). The summed E-state index contributed by atoms with van der Waals surface area (Å²) < 4.78 is 0. The maximum atomic E-state index is 11.5. The first kappa shape index (κ1) is 16.4. The minimum atomic E-state index is 0.176. The average molecular weight is 243 g/mol. The van der Waals surface area contributed by atoms with E-state index in [1.165, 1.54) is 6.42 Å². The van der Waals surface area contributed by atoms with E-state index in [0.717, 1.165) is 52.0 Å². The van der Waals surface area contributed by atoms with Crippen LogP contribution in [-0.4, -0.2) is 43.5 Å². The zero-order chi connectivity index (χ0) is 12.9. The molecule has 0 aliphatic rings. The van der Waals surface area contributed by atoms with Crippen LogP contribution in [0.4, 0.5) is 0 Å². The predicted molar refractivity (Wildman–Crippen MR) is 72.9 cm³/mol. The van der Waals surface area contributed by atoms with E-state index in [-0.39, 0.29) is 5.91 Å². The lowest BCUT2D eigenvalue weighted by Crippen LogP contribution is -2.35. The van der Waals surface area contributed by atoms with Crippen LogP contribution < -0.4 is 11.1 Å². The third-order valence-electron chi connectivity index (χ3n) is 2.85. The van der Waals surface area contributed by atoms with Gasteiger partial charge in [0.05, 0.1) is 0 Å². The summed E-state index contributed by atoms with van der Waals surface area (Å²) in [5.41, 5.74) is 5.40. The zero-order valence-corrected chi connectivity index (χ0v) is 11.5. The van der Waals surface area contributed by atoms with E-state index in [0.29, 0.717) is 6.42 Å². The summed E-state index contributed by atoms with van der Waals surface area (Å²) in [5, 5.41) is 2.97. The molecular formula is C13H29N3O. The summed E-state index contributed by atoms with van der Waals surface area (Å²) in [4.78, 5) is 13.8. The second-order valence-electron chi connectivity index (χ2n) is 4.38. The number of amides is 1. The highest BCUT2D eigenvalue weighted by molar-refractivity contribution is 5.75. The van der Waals surface area contributed by atoms with Crippen LogP contribution in [0.5, 0.6) is 0 Å². The number of hydrogen-bond donors (Lipinski definition) is 2. The van der Waals surface area contributed by atoms with Crippen molar-refractivity contribution in [1.29, 1.82) is 0 Å². The summed E-state index contributed by atoms with van der Waals surface area (Å²) in [6, 6.07) is 0. The average Bonchev–Trinajstić information content (AvgIpc) is 2.33. The first-order valence-electron chi connectivity index (χ1n) is 6.93. The maximum absolute atomic E-state index is 11.5. The second-order valence-corrected chi connectivity index (χ2v) is 4.38. The second kappa shape index (κ2) is 11.9. The third-order valence-corrected chi connectivity index (χ3v) is 2.85. The Balaban J connectivity index is 3.42. The van der Waals surface area contributed by atoms with Crippen molar-refractivity contribution in [2.24, 2.45) is 5.73 Å². The largest absolute Gasteiger partial charge is 0.355 e. The minimum Gasteiger partial charge on any atom is -0.355 e. The van der Waals surface area contributed by atoms with Gasteiger partial charge in [0.1, 0.15) is 0 Å². The van der Waals surface area contributed by atoms with Gasteiger partial charge >= 0.3 is 0 Å². The topological polar surface area (TPSA) is 58.4 Å². The number of nitrogens with two attached hydrogens (primary N) is 1. The Morgan fingerprint density at radius 2 is 1.94 bits per heavy atom. The van der Waals surface area contributed by atoms with E-state index in [9.17, 15) is 4.79 Å². The summed E-state index contributed by atoms with van der Waals surface area (Å²) in [5.74, 6) is 0.176. The van der Waals surface area contributed by atoms with Crippen molar-refractivity contribution in [3.8, 4) is 0 Å². The third kappa shape index (κ3) is 10.3. The van der Waals surface area contributed by atoms with Gasteiger partial charge in [-0.2, -0.15) is 0 Å². The van der Waals surface area contributed by atoms with Gasteiger partial charge in [0.15, 0.2) is 0 Å². The number of carbonyl (C=O) groups is 1. The lowest BCUT2D eigenvalue weighted by atomic mass is 10.2. The first-order valence-corrected chi connectivity index (χ1v) is 6.93. The molecule has 0 saturated heterocycles. The molecule has 1 amide bonds. The molecule has 4 heteroatoms. The van der Waals surface area contributed by atoms with Gasteiger partial charge in [-0.25, -0.2) is 0 Å². The SMILES string of the molecule is CCCN(CC)CCNC(=O)CCCCCN. The van der Waals surface area contributed by atoms with E-state index in [4.69, 9.17) is 5.73 Å². The van der Waals surface area contributed by atoms with Gasteiger partial charge in [-0.3, -0.25) is 4.79 Å². The normalized spacial score (nSPS) is 10.8. The van der Waals surface area contributed by atoms with Gasteiger partial charge < -0.3 is 16.0 Å². The lowest BCUT2D eigenvalue weighted by molar-refractivity contribution is -0.121. The Kier molecular flexibility index (Phi) is 11.4. The Labute approximate surface area is 106 Å². The Morgan fingerprint density at radius 3 is 2.53 bits per heavy atom. The zero-order valence-electron chi connectivity index (χ0n) is 11.5. The van der Waals surface area contributed by atoms with Gasteiger partial charge in [-0.05, 0) is 38.9 Å². The molecule has 0 atom stereocenters. The number of likely N-dealkylation sites (N-methyl/N-ethyl adjacent to an activating group) is 1. The summed E-state index contributed by atoms with van der Waals surface area (Å²) >= 11 is 0. The van der Waals surface area contributed by atoms with Gasteiger partial charge in [0, 0.05) is 19.5 Å². The van der Waals surface area contributed by atoms with Crippen molar-refractivity contribution < 1.29 is 4.79 Å². The number of rotatable bonds is 11. The van der Waals surface area contributed by atoms with Crippen LogP contribution in [0.15, 0.2) is 0 Å². The number of unbranched alkanes of at least 4 members (excludes halogenated alkanes) is 2. The van der Waals surface area contributed by atoms with Crippen LogP contribution in [0.3, 0.4) is 0 Å². The van der Waals surface area contributed by atoms with Crippen molar-refractivity contribution in [3.63, 3.8) is 0 Å². The van der Waals surface area contributed by atoms with Crippen LogP contribution in [0.2, 0.25) is 0 Å². The summed E-state index contributed by atoms with van der Waals surface area (Å²) in [6.45, 7) is 8.96. The Bertz CT molecular complexity index is 186. The van der Waals surface area contributed by atoms with Crippen molar-refractivity contribution in [1.82, 2.24) is 10.2 Å². The number of nitrogens with zero attached hydrogens (tertiary/aromatic N) is 1. The molecule has 0 aromatic carbocycles. The smallest absolute Gasteiger partial charge is 0.220 e. The van der Waals surface area contributed by atoms with Gasteiger partial charge in [0.2, 0.25) is 5.91 Å². The fourth-order valence-corrected chi connectivity index (χ4v) is 1.79. The molecule has 0 radical (unpaired) electrons. The van der Waals surface area contributed by atoms with Crippen LogP contribution in [0.25, 0.3) is 0 Å². The summed E-state index contributed by atoms with van der Waals surface area (Å²) in [7, 11) is 0. The van der Waals surface area contributed by atoms with Crippen LogP contribution >= 0.6 is 0 Å². The van der Waals surface area contributed by atoms with Gasteiger partial charge in [-0.1, -0.05) is 20.3 Å². The fraction of sp³-hybridized carbons (Fsp3) is 0.923. The molecule has 0 unspecified atom stereocenters. The number of nitrogens with one attached hydrogen (secondary N) is 1. The molecule has 0 aromatic heterocycles. The molecular weight excluding hydrogens is 214 g/mol. The molecule has 0 bridgehead atoms. The molecule has 17 heavy (non-hydrogen) atoms. The quantitative estimate of drug-likeness (QED) is 0.539. The molecule has 0 heterocycles. The molecule has 0 spiro atoms. The molecule has 3 N–H and O–H groups in total. The van der Waals surface area contributed by atoms with Crippen LogP contribution in [0.1, 0.15) is 46.0 Å². The van der Waals surface area contributed by atoms with Gasteiger partial charge in [0.25, 0.3) is 0 Å². The van der Waals surface area contributed by atoms with Crippen LogP contribution in [-0.2, 0) is 4.79 Å².